The summed E-state index contributed by atoms with van der Waals surface area (Å²) in [5, 5.41) is 11.9. The number of anilines is 2. The van der Waals surface area contributed by atoms with Gasteiger partial charge in [-0.25, -0.2) is 4.98 Å². The molecule has 1 fully saturated rings. The molecule has 17 heavy (non-hydrogen) atoms. The van der Waals surface area contributed by atoms with Gasteiger partial charge in [-0.3, -0.25) is 4.79 Å². The first-order chi connectivity index (χ1) is 8.18. The molecule has 0 spiro atoms. The van der Waals surface area contributed by atoms with Crippen molar-refractivity contribution in [2.24, 2.45) is 0 Å². The van der Waals surface area contributed by atoms with E-state index in [1.165, 1.54) is 12.8 Å². The molecule has 2 heterocycles. The van der Waals surface area contributed by atoms with Crippen LogP contribution in [0, 0.1) is 0 Å². The van der Waals surface area contributed by atoms with E-state index in [2.05, 4.69) is 15.2 Å². The van der Waals surface area contributed by atoms with E-state index in [9.17, 15) is 4.79 Å². The van der Waals surface area contributed by atoms with Crippen molar-refractivity contribution < 1.29 is 9.90 Å². The zero-order valence-corrected chi connectivity index (χ0v) is 9.89. The molecule has 5 heteroatoms. The molecule has 0 aliphatic carbocycles. The Labute approximate surface area is 100 Å². The van der Waals surface area contributed by atoms with Gasteiger partial charge in [0.15, 0.2) is 5.82 Å². The Kier molecular flexibility index (Phi) is 3.46. The lowest BCUT2D eigenvalue weighted by Gasteiger charge is -2.21. The van der Waals surface area contributed by atoms with Gasteiger partial charge in [0, 0.05) is 19.3 Å². The molecule has 0 aromatic carbocycles. The molecule has 1 aromatic heterocycles. The summed E-state index contributed by atoms with van der Waals surface area (Å²) >= 11 is 0. The molecule has 2 N–H and O–H groups in total. The first-order valence-electron chi connectivity index (χ1n) is 5.88. The van der Waals surface area contributed by atoms with Gasteiger partial charge in [-0.1, -0.05) is 0 Å². The predicted molar refractivity (Wildman–Crippen MR) is 66.4 cm³/mol. The Hall–Kier alpha value is -1.78. The lowest BCUT2D eigenvalue weighted by molar-refractivity contribution is -0.137. The van der Waals surface area contributed by atoms with E-state index in [1.807, 2.05) is 12.1 Å². The molecule has 1 saturated heterocycles. The molecule has 1 unspecified atom stereocenters. The van der Waals surface area contributed by atoms with Crippen LogP contribution in [0.3, 0.4) is 0 Å². The molecule has 0 radical (unpaired) electrons. The first-order valence-corrected chi connectivity index (χ1v) is 5.88. The molecule has 1 atom stereocenters. The molecular formula is C12H17N3O2. The summed E-state index contributed by atoms with van der Waals surface area (Å²) in [6.45, 7) is 3.61. The minimum atomic E-state index is -0.860. The maximum Gasteiger partial charge on any atom is 0.325 e. The number of pyridine rings is 1. The molecule has 0 saturated carbocycles. The number of aromatic nitrogens is 1. The Morgan fingerprint density at radius 3 is 2.88 bits per heavy atom. The molecule has 0 bridgehead atoms. The largest absolute Gasteiger partial charge is 0.480 e. The summed E-state index contributed by atoms with van der Waals surface area (Å²) in [5.74, 6) is -0.000625. The molecule has 1 aliphatic rings. The number of aliphatic carboxylic acids is 1. The third kappa shape index (κ3) is 2.67. The summed E-state index contributed by atoms with van der Waals surface area (Å²) in [6, 6.07) is 3.08. The molecule has 1 aromatic rings. The SMILES string of the molecule is CC(Nc1cccnc1N1CCCC1)C(=O)O. The summed E-state index contributed by atoms with van der Waals surface area (Å²) < 4.78 is 0. The highest BCUT2D eigenvalue weighted by Gasteiger charge is 2.19. The summed E-state index contributed by atoms with van der Waals surface area (Å²) in [6.07, 6.45) is 4.08. The van der Waals surface area contributed by atoms with Crippen molar-refractivity contribution in [3.05, 3.63) is 18.3 Å². The lowest BCUT2D eigenvalue weighted by Crippen LogP contribution is -2.28. The number of carboxylic acid groups (broad SMARTS) is 1. The van der Waals surface area contributed by atoms with Crippen molar-refractivity contribution in [3.8, 4) is 0 Å². The monoisotopic (exact) mass is 235 g/mol. The van der Waals surface area contributed by atoms with Crippen LogP contribution < -0.4 is 10.2 Å². The zero-order chi connectivity index (χ0) is 12.3. The molecule has 2 rings (SSSR count). The number of rotatable bonds is 4. The number of nitrogens with one attached hydrogen (secondary N) is 1. The summed E-state index contributed by atoms with van der Waals surface area (Å²) in [5.41, 5.74) is 0.796. The fourth-order valence-electron chi connectivity index (χ4n) is 1.99. The van der Waals surface area contributed by atoms with Crippen LogP contribution in [-0.4, -0.2) is 35.2 Å². The van der Waals surface area contributed by atoms with Crippen LogP contribution in [0.1, 0.15) is 19.8 Å². The van der Waals surface area contributed by atoms with Crippen molar-refractivity contribution >= 4 is 17.5 Å². The van der Waals surface area contributed by atoms with Gasteiger partial charge in [0.25, 0.3) is 0 Å². The van der Waals surface area contributed by atoms with Gasteiger partial charge in [0.05, 0.1) is 5.69 Å². The van der Waals surface area contributed by atoms with Gasteiger partial charge in [-0.15, -0.1) is 0 Å². The van der Waals surface area contributed by atoms with Crippen molar-refractivity contribution in [1.29, 1.82) is 0 Å². The van der Waals surface area contributed by atoms with E-state index < -0.39 is 12.0 Å². The number of hydrogen-bond donors (Lipinski definition) is 2. The number of nitrogens with zero attached hydrogens (tertiary/aromatic N) is 2. The average molecular weight is 235 g/mol. The quantitative estimate of drug-likeness (QED) is 0.829. The topological polar surface area (TPSA) is 65.5 Å². The third-order valence-corrected chi connectivity index (χ3v) is 2.93. The Morgan fingerprint density at radius 2 is 2.24 bits per heavy atom. The molecule has 1 aliphatic heterocycles. The van der Waals surface area contributed by atoms with E-state index >= 15 is 0 Å². The Balaban J connectivity index is 2.18. The summed E-state index contributed by atoms with van der Waals surface area (Å²) in [4.78, 5) is 17.4. The third-order valence-electron chi connectivity index (χ3n) is 2.93. The fraction of sp³-hybridized carbons (Fsp3) is 0.500. The van der Waals surface area contributed by atoms with Crippen molar-refractivity contribution in [2.45, 2.75) is 25.8 Å². The van der Waals surface area contributed by atoms with E-state index in [-0.39, 0.29) is 0 Å². The summed E-state index contributed by atoms with van der Waals surface area (Å²) in [7, 11) is 0. The van der Waals surface area contributed by atoms with Crippen molar-refractivity contribution in [1.82, 2.24) is 4.98 Å². The highest BCUT2D eigenvalue weighted by Crippen LogP contribution is 2.26. The van der Waals surface area contributed by atoms with Crippen LogP contribution in [0.2, 0.25) is 0 Å². The van der Waals surface area contributed by atoms with Crippen LogP contribution in [0.5, 0.6) is 0 Å². The normalized spacial score (nSPS) is 16.9. The van der Waals surface area contributed by atoms with E-state index in [0.29, 0.717) is 0 Å². The van der Waals surface area contributed by atoms with Crippen LogP contribution >= 0.6 is 0 Å². The van der Waals surface area contributed by atoms with E-state index in [0.717, 1.165) is 24.6 Å². The Bertz CT molecular complexity index is 402. The average Bonchev–Trinajstić information content (AvgIpc) is 2.83. The predicted octanol–water partition coefficient (Wildman–Crippen LogP) is 1.57. The second-order valence-corrected chi connectivity index (χ2v) is 4.27. The maximum atomic E-state index is 10.8. The fourth-order valence-corrected chi connectivity index (χ4v) is 1.99. The van der Waals surface area contributed by atoms with Crippen LogP contribution in [0.25, 0.3) is 0 Å². The second-order valence-electron chi connectivity index (χ2n) is 4.27. The Morgan fingerprint density at radius 1 is 1.53 bits per heavy atom. The van der Waals surface area contributed by atoms with Gasteiger partial charge < -0.3 is 15.3 Å². The minimum absolute atomic E-state index is 0.611. The number of carboxylic acids is 1. The molecule has 92 valence electrons. The smallest absolute Gasteiger partial charge is 0.325 e. The number of hydrogen-bond acceptors (Lipinski definition) is 4. The van der Waals surface area contributed by atoms with Gasteiger partial charge in [0.2, 0.25) is 0 Å². The number of carbonyl (C=O) groups is 1. The van der Waals surface area contributed by atoms with Crippen molar-refractivity contribution in [3.63, 3.8) is 0 Å². The van der Waals surface area contributed by atoms with E-state index in [4.69, 9.17) is 5.11 Å². The van der Waals surface area contributed by atoms with Gasteiger partial charge >= 0.3 is 5.97 Å². The second kappa shape index (κ2) is 5.03. The molecular weight excluding hydrogens is 218 g/mol. The van der Waals surface area contributed by atoms with Gasteiger partial charge in [-0.2, -0.15) is 0 Å². The highest BCUT2D eigenvalue weighted by molar-refractivity contribution is 5.79. The van der Waals surface area contributed by atoms with E-state index in [1.54, 1.807) is 13.1 Å². The van der Waals surface area contributed by atoms with Gasteiger partial charge in [-0.05, 0) is 31.9 Å². The standard InChI is InChI=1S/C12H17N3O2/c1-9(12(16)17)14-10-5-4-6-13-11(10)15-7-2-3-8-15/h4-6,9,14H,2-3,7-8H2,1H3,(H,16,17). The molecule has 0 amide bonds. The van der Waals surface area contributed by atoms with Gasteiger partial charge in [0.1, 0.15) is 6.04 Å². The maximum absolute atomic E-state index is 10.8. The minimum Gasteiger partial charge on any atom is -0.480 e. The van der Waals surface area contributed by atoms with Crippen molar-refractivity contribution in [2.75, 3.05) is 23.3 Å². The highest BCUT2D eigenvalue weighted by atomic mass is 16.4. The van der Waals surface area contributed by atoms with Crippen LogP contribution in [0.4, 0.5) is 11.5 Å². The first kappa shape index (κ1) is 11.7. The van der Waals surface area contributed by atoms with Crippen LogP contribution in [0.15, 0.2) is 18.3 Å². The van der Waals surface area contributed by atoms with Crippen LogP contribution in [-0.2, 0) is 4.79 Å². The molecule has 5 nitrogen and oxygen atoms in total. The lowest BCUT2D eigenvalue weighted by atomic mass is 10.3. The zero-order valence-electron chi connectivity index (χ0n) is 9.89.